The van der Waals surface area contributed by atoms with E-state index >= 15 is 0 Å². The number of cyclic esters (lactones) is 1. The van der Waals surface area contributed by atoms with E-state index < -0.39 is 96.0 Å². The molecule has 3 saturated heterocycles. The average molecular weight is 763 g/mol. The van der Waals surface area contributed by atoms with Crippen molar-refractivity contribution in [3.8, 4) is 0 Å². The van der Waals surface area contributed by atoms with Crippen molar-refractivity contribution in [1.29, 1.82) is 0 Å². The molecule has 0 aromatic heterocycles. The van der Waals surface area contributed by atoms with Gasteiger partial charge in [-0.25, -0.2) is 0 Å². The molecule has 3 aliphatic heterocycles. The van der Waals surface area contributed by atoms with E-state index in [1.165, 1.54) is 14.0 Å². The van der Waals surface area contributed by atoms with E-state index in [9.17, 15) is 25.2 Å². The molecule has 0 saturated carbocycles. The SMILES string of the molecule is CC[C@H]1OC(=O)[C@H](C)[C@@H](O[C@H]2C[C@@](C)(OC)[C@@H](O)[C@H](C)O2)[C@H](C)[C@@H](O[C@@H]2O[C@H](C)C[C@H](N(C)C)[C@H]2OC)[C@@](C)(O)C[C@@H](C)CN(C)[C@H](C)[C@@H](O)[C@]1(C)O. The van der Waals surface area contributed by atoms with E-state index in [4.69, 9.17) is 33.2 Å². The van der Waals surface area contributed by atoms with Crippen LogP contribution in [-0.2, 0) is 38.0 Å². The number of ether oxygens (including phenoxy) is 7. The molecule has 0 bridgehead atoms. The number of hydrogen-bond acceptors (Lipinski definition) is 14. The molecule has 14 heteroatoms. The molecule has 18 atom stereocenters. The maximum atomic E-state index is 14.3. The molecule has 3 fully saturated rings. The predicted octanol–water partition coefficient (Wildman–Crippen LogP) is 2.55. The van der Waals surface area contributed by atoms with Gasteiger partial charge in [-0.2, -0.15) is 0 Å². The van der Waals surface area contributed by atoms with Crippen LogP contribution < -0.4 is 0 Å². The molecule has 312 valence electrons. The van der Waals surface area contributed by atoms with Gasteiger partial charge in [0.1, 0.15) is 30.0 Å². The molecule has 0 spiro atoms. The second-order valence-corrected chi connectivity index (χ2v) is 17.4. The van der Waals surface area contributed by atoms with Crippen molar-refractivity contribution >= 4 is 5.97 Å². The van der Waals surface area contributed by atoms with Crippen LogP contribution in [-0.4, -0.2) is 168 Å². The van der Waals surface area contributed by atoms with Crippen LogP contribution in [0.15, 0.2) is 0 Å². The summed E-state index contributed by atoms with van der Waals surface area (Å²) in [7, 11) is 8.97. The zero-order valence-corrected chi connectivity index (χ0v) is 35.1. The smallest absolute Gasteiger partial charge is 0.311 e. The number of carbonyl (C=O) groups excluding carboxylic acids is 1. The fraction of sp³-hybridized carbons (Fsp3) is 0.974. The third-order valence-corrected chi connectivity index (χ3v) is 12.5. The lowest BCUT2D eigenvalue weighted by molar-refractivity contribution is -0.319. The standard InChI is InChI=1S/C39H74N2O12/c1-16-28-39(10,46)32(42)25(6)41(13)20-21(2)18-37(8,45)34(53-36-31(47-14)27(40(11)12)17-22(3)49-36)23(4)30(24(5)35(44)51-28)52-29-19-38(9,48-15)33(43)26(7)50-29/h21-34,36,42-43,45-46H,16-20H2,1-15H3/t21-,22-,23+,24-,25-,26+,27+,28-,29+,30+,31-,32-,33+,34-,36+,37+,38-,39-/m1/s1. The summed E-state index contributed by atoms with van der Waals surface area (Å²) < 4.78 is 44.1. The van der Waals surface area contributed by atoms with Crippen molar-refractivity contribution in [2.24, 2.45) is 17.8 Å². The normalized spacial score (nSPS) is 48.9. The first kappa shape index (κ1) is 46.4. The molecule has 4 N–H and O–H groups in total. The van der Waals surface area contributed by atoms with Gasteiger partial charge in [0.15, 0.2) is 12.6 Å². The van der Waals surface area contributed by atoms with Crippen molar-refractivity contribution in [1.82, 2.24) is 9.80 Å². The van der Waals surface area contributed by atoms with Gasteiger partial charge < -0.3 is 63.4 Å². The fourth-order valence-corrected chi connectivity index (χ4v) is 8.98. The van der Waals surface area contributed by atoms with Crippen molar-refractivity contribution in [3.05, 3.63) is 0 Å². The van der Waals surface area contributed by atoms with Crippen molar-refractivity contribution in [2.75, 3.05) is 41.9 Å². The Hall–Kier alpha value is -1.01. The summed E-state index contributed by atoms with van der Waals surface area (Å²) in [4.78, 5) is 18.3. The summed E-state index contributed by atoms with van der Waals surface area (Å²) in [6.07, 6.45) is -6.90. The number of aliphatic hydroxyl groups excluding tert-OH is 2. The van der Waals surface area contributed by atoms with Gasteiger partial charge in [-0.1, -0.05) is 20.8 Å². The van der Waals surface area contributed by atoms with E-state index in [-0.39, 0.29) is 37.3 Å². The topological polar surface area (TPSA) is 169 Å². The molecular formula is C39H74N2O12. The molecule has 0 aromatic rings. The van der Waals surface area contributed by atoms with Crippen LogP contribution in [0, 0.1) is 17.8 Å². The third-order valence-electron chi connectivity index (χ3n) is 12.5. The predicted molar refractivity (Wildman–Crippen MR) is 199 cm³/mol. The highest BCUT2D eigenvalue weighted by Crippen LogP contribution is 2.40. The highest BCUT2D eigenvalue weighted by molar-refractivity contribution is 5.73. The monoisotopic (exact) mass is 763 g/mol. The zero-order chi connectivity index (χ0) is 40.4. The Labute approximate surface area is 318 Å². The zero-order valence-electron chi connectivity index (χ0n) is 35.1. The first-order valence-electron chi connectivity index (χ1n) is 19.5. The second kappa shape index (κ2) is 18.5. The number of methoxy groups -OCH3 is 2. The van der Waals surface area contributed by atoms with Gasteiger partial charge >= 0.3 is 5.97 Å². The molecule has 0 aliphatic carbocycles. The first-order valence-corrected chi connectivity index (χ1v) is 19.5. The van der Waals surface area contributed by atoms with Crippen LogP contribution >= 0.6 is 0 Å². The van der Waals surface area contributed by atoms with E-state index in [0.29, 0.717) is 13.0 Å². The van der Waals surface area contributed by atoms with Gasteiger partial charge in [-0.15, -0.1) is 0 Å². The number of carbonyl (C=O) groups is 1. The van der Waals surface area contributed by atoms with Gasteiger partial charge in [0.2, 0.25) is 0 Å². The molecule has 3 heterocycles. The molecule has 3 aliphatic rings. The lowest BCUT2D eigenvalue weighted by atomic mass is 9.77. The van der Waals surface area contributed by atoms with Gasteiger partial charge in [0.05, 0.1) is 41.5 Å². The lowest BCUT2D eigenvalue weighted by Gasteiger charge is -2.49. The molecule has 0 radical (unpaired) electrons. The lowest BCUT2D eigenvalue weighted by Crippen LogP contribution is -2.61. The number of nitrogens with zero attached hydrogens (tertiary/aromatic N) is 2. The van der Waals surface area contributed by atoms with E-state index in [1.807, 2.05) is 53.7 Å². The number of aliphatic hydroxyl groups is 4. The summed E-state index contributed by atoms with van der Waals surface area (Å²) in [5.74, 6) is -2.44. The van der Waals surface area contributed by atoms with Crippen molar-refractivity contribution < 1.29 is 58.4 Å². The highest BCUT2D eigenvalue weighted by atomic mass is 16.7. The van der Waals surface area contributed by atoms with Crippen LogP contribution in [0.1, 0.15) is 94.9 Å². The molecule has 53 heavy (non-hydrogen) atoms. The number of likely N-dealkylation sites (N-methyl/N-ethyl adjacent to an activating group) is 2. The van der Waals surface area contributed by atoms with E-state index in [1.54, 1.807) is 41.7 Å². The molecule has 0 aromatic carbocycles. The minimum absolute atomic E-state index is 0.0354. The summed E-state index contributed by atoms with van der Waals surface area (Å²) >= 11 is 0. The van der Waals surface area contributed by atoms with Crippen LogP contribution in [0.5, 0.6) is 0 Å². The molecule has 14 nitrogen and oxygen atoms in total. The maximum absolute atomic E-state index is 14.3. The Balaban J connectivity index is 2.20. The molecular weight excluding hydrogens is 688 g/mol. The highest BCUT2D eigenvalue weighted by Gasteiger charge is 2.53. The summed E-state index contributed by atoms with van der Waals surface area (Å²) in [6, 6.07) is -0.556. The molecule has 3 rings (SSSR count). The Bertz CT molecular complexity index is 1160. The van der Waals surface area contributed by atoms with Gasteiger partial charge in [0, 0.05) is 45.2 Å². The summed E-state index contributed by atoms with van der Waals surface area (Å²) in [5, 5.41) is 46.8. The largest absolute Gasteiger partial charge is 0.459 e. The minimum Gasteiger partial charge on any atom is -0.459 e. The summed E-state index contributed by atoms with van der Waals surface area (Å²) in [6.45, 7) is 18.4. The summed E-state index contributed by atoms with van der Waals surface area (Å²) in [5.41, 5.74) is -4.29. The van der Waals surface area contributed by atoms with Crippen LogP contribution in [0.4, 0.5) is 0 Å². The Morgan fingerprint density at radius 1 is 0.925 bits per heavy atom. The Kier molecular flexibility index (Phi) is 16.2. The van der Waals surface area contributed by atoms with Crippen LogP contribution in [0.25, 0.3) is 0 Å². The average Bonchev–Trinajstić information content (AvgIpc) is 3.07. The molecule has 0 unspecified atom stereocenters. The van der Waals surface area contributed by atoms with E-state index in [0.717, 1.165) is 0 Å². The number of rotatable bonds is 8. The van der Waals surface area contributed by atoms with Crippen molar-refractivity contribution in [2.45, 2.75) is 185 Å². The van der Waals surface area contributed by atoms with Crippen LogP contribution in [0.3, 0.4) is 0 Å². The first-order chi connectivity index (χ1) is 24.4. The maximum Gasteiger partial charge on any atom is 0.311 e. The Morgan fingerprint density at radius 2 is 1.55 bits per heavy atom. The fourth-order valence-electron chi connectivity index (χ4n) is 8.98. The molecule has 0 amide bonds. The van der Waals surface area contributed by atoms with E-state index in [2.05, 4.69) is 4.90 Å². The number of hydrogen-bond donors (Lipinski definition) is 4. The minimum atomic E-state index is -1.79. The quantitative estimate of drug-likeness (QED) is 0.266. The van der Waals surface area contributed by atoms with Gasteiger partial charge in [-0.05, 0) is 94.8 Å². The third kappa shape index (κ3) is 10.5. The Morgan fingerprint density at radius 3 is 2.09 bits per heavy atom. The number of esters is 1. The van der Waals surface area contributed by atoms with Crippen LogP contribution in [0.2, 0.25) is 0 Å². The van der Waals surface area contributed by atoms with Gasteiger partial charge in [0.25, 0.3) is 0 Å². The van der Waals surface area contributed by atoms with Crippen molar-refractivity contribution in [3.63, 3.8) is 0 Å². The second-order valence-electron chi connectivity index (χ2n) is 17.4. The van der Waals surface area contributed by atoms with Gasteiger partial charge in [-0.3, -0.25) is 4.79 Å².